The molecule has 0 spiro atoms. The van der Waals surface area contributed by atoms with E-state index in [0.717, 1.165) is 35.2 Å². The lowest BCUT2D eigenvalue weighted by Crippen LogP contribution is -2.17. The number of nitrogens with one attached hydrogen (secondary N) is 2. The number of hydrogen-bond acceptors (Lipinski definition) is 3. The Morgan fingerprint density at radius 3 is 2.94 bits per heavy atom. The Labute approximate surface area is 115 Å². The molecule has 0 saturated carbocycles. The van der Waals surface area contributed by atoms with Crippen LogP contribution < -0.4 is 11.1 Å². The molecule has 1 atom stereocenters. The van der Waals surface area contributed by atoms with Gasteiger partial charge in [0, 0.05) is 13.5 Å². The molecule has 6 heteroatoms. The fourth-order valence-corrected chi connectivity index (χ4v) is 2.01. The van der Waals surface area contributed by atoms with Crippen LogP contribution in [0.5, 0.6) is 0 Å². The van der Waals surface area contributed by atoms with Crippen LogP contribution in [0.4, 0.5) is 0 Å². The Kier molecular flexibility index (Phi) is 6.49. The van der Waals surface area contributed by atoms with Gasteiger partial charge < -0.3 is 16.0 Å². The highest BCUT2D eigenvalue weighted by molar-refractivity contribution is 14.1. The lowest BCUT2D eigenvalue weighted by Gasteiger charge is -2.08. The van der Waals surface area contributed by atoms with Gasteiger partial charge in [0.25, 0.3) is 0 Å². The number of H-pyrrole nitrogens is 1. The fraction of sp³-hybridized carbons (Fsp3) is 0.636. The normalized spacial score (nSPS) is 12.4. The number of amides is 1. The van der Waals surface area contributed by atoms with Crippen LogP contribution in [-0.4, -0.2) is 22.9 Å². The minimum Gasteiger partial charge on any atom is -0.359 e. The van der Waals surface area contributed by atoms with Gasteiger partial charge in [0.15, 0.2) is 0 Å². The molecule has 0 fully saturated rings. The lowest BCUT2D eigenvalue weighted by atomic mass is 10.1. The predicted molar refractivity (Wildman–Crippen MR) is 75.4 cm³/mol. The van der Waals surface area contributed by atoms with Crippen LogP contribution in [0, 0.1) is 3.70 Å². The SMILES string of the molecule is CNC(=O)CCCCCC(N)c1ncc(I)[nH]1. The number of hydrogen-bond donors (Lipinski definition) is 3. The molecule has 0 aliphatic carbocycles. The van der Waals surface area contributed by atoms with Crippen molar-refractivity contribution in [1.82, 2.24) is 15.3 Å². The van der Waals surface area contributed by atoms with Crippen LogP contribution in [0.2, 0.25) is 0 Å². The van der Waals surface area contributed by atoms with Gasteiger partial charge in [-0.1, -0.05) is 12.8 Å². The largest absolute Gasteiger partial charge is 0.359 e. The summed E-state index contributed by atoms with van der Waals surface area (Å²) in [7, 11) is 1.66. The zero-order valence-electron chi connectivity index (χ0n) is 10.0. The maximum Gasteiger partial charge on any atom is 0.219 e. The molecule has 96 valence electrons. The Morgan fingerprint density at radius 1 is 1.59 bits per heavy atom. The van der Waals surface area contributed by atoms with Crippen LogP contribution >= 0.6 is 22.6 Å². The van der Waals surface area contributed by atoms with Crippen LogP contribution in [0.25, 0.3) is 0 Å². The van der Waals surface area contributed by atoms with Crippen molar-refractivity contribution in [2.45, 2.75) is 38.1 Å². The Hall–Kier alpha value is -0.630. The number of unbranched alkanes of at least 4 members (excludes halogenated alkanes) is 2. The quantitative estimate of drug-likeness (QED) is 0.517. The first-order valence-electron chi connectivity index (χ1n) is 5.80. The fourth-order valence-electron chi connectivity index (χ4n) is 1.59. The van der Waals surface area contributed by atoms with Crippen LogP contribution in [0.1, 0.15) is 44.0 Å². The van der Waals surface area contributed by atoms with E-state index < -0.39 is 0 Å². The van der Waals surface area contributed by atoms with Crippen LogP contribution in [0.3, 0.4) is 0 Å². The molecule has 1 amide bonds. The standard InChI is InChI=1S/C11H19IN4O/c1-14-10(17)6-4-2-3-5-8(13)11-15-7-9(12)16-11/h7-8H,2-6,13H2,1H3,(H,14,17)(H,15,16). The van der Waals surface area contributed by atoms with Gasteiger partial charge in [0.1, 0.15) is 5.82 Å². The van der Waals surface area contributed by atoms with E-state index in [1.54, 1.807) is 13.2 Å². The molecule has 0 aliphatic heterocycles. The van der Waals surface area contributed by atoms with Crippen molar-refractivity contribution in [3.8, 4) is 0 Å². The monoisotopic (exact) mass is 350 g/mol. The molecule has 1 rings (SSSR count). The molecule has 0 bridgehead atoms. The number of imidazole rings is 1. The van der Waals surface area contributed by atoms with Crippen molar-refractivity contribution < 1.29 is 4.79 Å². The number of halogens is 1. The third-order valence-corrected chi connectivity index (χ3v) is 3.16. The third kappa shape index (κ3) is 5.49. The van der Waals surface area contributed by atoms with E-state index in [4.69, 9.17) is 5.73 Å². The van der Waals surface area contributed by atoms with E-state index in [-0.39, 0.29) is 11.9 Å². The van der Waals surface area contributed by atoms with E-state index in [2.05, 4.69) is 37.9 Å². The second-order valence-corrected chi connectivity index (χ2v) is 5.16. The van der Waals surface area contributed by atoms with E-state index in [9.17, 15) is 4.79 Å². The molecule has 1 unspecified atom stereocenters. The summed E-state index contributed by atoms with van der Waals surface area (Å²) in [5.74, 6) is 0.954. The predicted octanol–water partition coefficient (Wildman–Crippen LogP) is 1.71. The molecule has 0 aromatic carbocycles. The number of aromatic amines is 1. The molecule has 1 heterocycles. The summed E-state index contributed by atoms with van der Waals surface area (Å²) >= 11 is 2.18. The van der Waals surface area contributed by atoms with Gasteiger partial charge in [0.2, 0.25) is 5.91 Å². The molecule has 1 aromatic heterocycles. The Bertz CT molecular complexity index is 353. The molecule has 5 nitrogen and oxygen atoms in total. The van der Waals surface area contributed by atoms with Gasteiger partial charge in [0.05, 0.1) is 15.9 Å². The van der Waals surface area contributed by atoms with E-state index >= 15 is 0 Å². The van der Waals surface area contributed by atoms with E-state index in [0.29, 0.717) is 6.42 Å². The minimum absolute atomic E-state index is 0.0292. The number of carbonyl (C=O) groups is 1. The highest BCUT2D eigenvalue weighted by Crippen LogP contribution is 2.15. The van der Waals surface area contributed by atoms with Crippen molar-refractivity contribution in [2.24, 2.45) is 5.73 Å². The molecular weight excluding hydrogens is 331 g/mol. The van der Waals surface area contributed by atoms with Crippen molar-refractivity contribution in [3.63, 3.8) is 0 Å². The average Bonchev–Trinajstić information content (AvgIpc) is 2.75. The second kappa shape index (κ2) is 7.65. The van der Waals surface area contributed by atoms with Crippen LogP contribution in [0.15, 0.2) is 6.20 Å². The maximum absolute atomic E-state index is 11.0. The molecule has 0 aliphatic rings. The van der Waals surface area contributed by atoms with Gasteiger partial charge in [-0.2, -0.15) is 0 Å². The number of carbonyl (C=O) groups excluding carboxylic acids is 1. The molecule has 4 N–H and O–H groups in total. The van der Waals surface area contributed by atoms with Crippen molar-refractivity contribution in [2.75, 3.05) is 7.05 Å². The number of rotatable bonds is 7. The maximum atomic E-state index is 11.0. The van der Waals surface area contributed by atoms with Gasteiger partial charge >= 0.3 is 0 Å². The van der Waals surface area contributed by atoms with Crippen molar-refractivity contribution in [3.05, 3.63) is 15.7 Å². The second-order valence-electron chi connectivity index (χ2n) is 4.00. The number of nitrogens with two attached hydrogens (primary N) is 1. The van der Waals surface area contributed by atoms with Gasteiger partial charge in [-0.05, 0) is 35.4 Å². The highest BCUT2D eigenvalue weighted by Gasteiger charge is 2.09. The van der Waals surface area contributed by atoms with Crippen molar-refractivity contribution >= 4 is 28.5 Å². The van der Waals surface area contributed by atoms with E-state index in [1.165, 1.54) is 0 Å². The molecular formula is C11H19IN4O. The zero-order valence-corrected chi connectivity index (χ0v) is 12.2. The Morgan fingerprint density at radius 2 is 2.35 bits per heavy atom. The van der Waals surface area contributed by atoms with E-state index in [1.807, 2.05) is 0 Å². The smallest absolute Gasteiger partial charge is 0.219 e. The summed E-state index contributed by atoms with van der Waals surface area (Å²) < 4.78 is 1.01. The third-order valence-electron chi connectivity index (χ3n) is 2.61. The topological polar surface area (TPSA) is 83.8 Å². The molecule has 0 radical (unpaired) electrons. The molecule has 17 heavy (non-hydrogen) atoms. The van der Waals surface area contributed by atoms with Gasteiger partial charge in [-0.3, -0.25) is 4.79 Å². The Balaban J connectivity index is 2.12. The first-order chi connectivity index (χ1) is 8.13. The number of nitrogens with zero attached hydrogens (tertiary/aromatic N) is 1. The first kappa shape index (κ1) is 14.4. The molecule has 0 saturated heterocycles. The summed E-state index contributed by atoms with van der Waals surface area (Å²) in [6.45, 7) is 0. The summed E-state index contributed by atoms with van der Waals surface area (Å²) in [5, 5.41) is 2.61. The highest BCUT2D eigenvalue weighted by atomic mass is 127. The van der Waals surface area contributed by atoms with Gasteiger partial charge in [-0.25, -0.2) is 4.98 Å². The van der Waals surface area contributed by atoms with Crippen LogP contribution in [-0.2, 0) is 4.79 Å². The molecule has 1 aromatic rings. The summed E-state index contributed by atoms with van der Waals surface area (Å²) in [6.07, 6.45) is 6.25. The summed E-state index contributed by atoms with van der Waals surface area (Å²) in [6, 6.07) is -0.0292. The minimum atomic E-state index is -0.0292. The average molecular weight is 350 g/mol. The number of aromatic nitrogens is 2. The summed E-state index contributed by atoms with van der Waals surface area (Å²) in [5.41, 5.74) is 6.00. The first-order valence-corrected chi connectivity index (χ1v) is 6.88. The summed E-state index contributed by atoms with van der Waals surface area (Å²) in [4.78, 5) is 18.3. The van der Waals surface area contributed by atoms with Crippen molar-refractivity contribution in [1.29, 1.82) is 0 Å². The lowest BCUT2D eigenvalue weighted by molar-refractivity contribution is -0.120. The van der Waals surface area contributed by atoms with Gasteiger partial charge in [-0.15, -0.1) is 0 Å². The zero-order chi connectivity index (χ0) is 12.7.